The Morgan fingerprint density at radius 3 is 2.05 bits per heavy atom. The molecule has 1 aromatic carbocycles. The van der Waals surface area contributed by atoms with Crippen LogP contribution in [0.4, 0.5) is 0 Å². The molecule has 0 atom stereocenters. The van der Waals surface area contributed by atoms with Crippen LogP contribution in [0.15, 0.2) is 24.3 Å². The summed E-state index contributed by atoms with van der Waals surface area (Å²) in [6, 6.07) is 3.60. The molecule has 0 radical (unpaired) electrons. The maximum absolute atomic E-state index is 12.4. The minimum atomic E-state index is 0.0415. The van der Waals surface area contributed by atoms with Gasteiger partial charge in [0.25, 0.3) is 0 Å². The summed E-state index contributed by atoms with van der Waals surface area (Å²) in [5.41, 5.74) is 1.78. The summed E-state index contributed by atoms with van der Waals surface area (Å²) in [5, 5.41) is 0. The molecule has 0 bridgehead atoms. The molecule has 0 fully saturated rings. The van der Waals surface area contributed by atoms with Gasteiger partial charge in [-0.3, -0.25) is 4.79 Å². The van der Waals surface area contributed by atoms with Gasteiger partial charge >= 0.3 is 0 Å². The zero-order valence-corrected chi connectivity index (χ0v) is 14.1. The second kappa shape index (κ2) is 8.32. The van der Waals surface area contributed by atoms with E-state index in [4.69, 9.17) is 14.2 Å². The summed E-state index contributed by atoms with van der Waals surface area (Å²) in [5.74, 6) is 1.66. The molecule has 0 aliphatic carbocycles. The van der Waals surface area contributed by atoms with Crippen molar-refractivity contribution in [1.29, 1.82) is 0 Å². The van der Waals surface area contributed by atoms with Crippen molar-refractivity contribution in [2.45, 2.75) is 20.3 Å². The van der Waals surface area contributed by atoms with Gasteiger partial charge in [0.15, 0.2) is 11.5 Å². The molecule has 0 spiro atoms. The number of hydrogen-bond donors (Lipinski definition) is 0. The summed E-state index contributed by atoms with van der Waals surface area (Å²) in [7, 11) is 4.67. The van der Waals surface area contributed by atoms with Crippen LogP contribution >= 0.6 is 0 Å². The number of nitrogens with zero attached hydrogens (tertiary/aromatic N) is 1. The molecule has 5 heteroatoms. The summed E-state index contributed by atoms with van der Waals surface area (Å²) in [6.45, 7) is 8.94. The number of ether oxygens (including phenoxy) is 3. The predicted octanol–water partition coefficient (Wildman–Crippen LogP) is 2.68. The third-order valence-corrected chi connectivity index (χ3v) is 3.28. The van der Waals surface area contributed by atoms with Crippen molar-refractivity contribution in [2.75, 3.05) is 34.4 Å². The van der Waals surface area contributed by atoms with Gasteiger partial charge in [-0.2, -0.15) is 0 Å². The van der Waals surface area contributed by atoms with E-state index < -0.39 is 0 Å². The Labute approximate surface area is 132 Å². The van der Waals surface area contributed by atoms with Crippen molar-refractivity contribution in [2.24, 2.45) is 0 Å². The molecule has 0 saturated carbocycles. The molecule has 1 aromatic rings. The number of rotatable bonds is 8. The summed E-state index contributed by atoms with van der Waals surface area (Å²) in [4.78, 5) is 14.2. The Morgan fingerprint density at radius 2 is 1.68 bits per heavy atom. The second-order valence-electron chi connectivity index (χ2n) is 5.08. The van der Waals surface area contributed by atoms with E-state index in [-0.39, 0.29) is 12.3 Å². The van der Waals surface area contributed by atoms with Crippen LogP contribution in [-0.4, -0.2) is 45.2 Å². The van der Waals surface area contributed by atoms with Gasteiger partial charge in [-0.25, -0.2) is 0 Å². The summed E-state index contributed by atoms with van der Waals surface area (Å²) >= 11 is 0. The first-order chi connectivity index (χ1) is 10.5. The highest BCUT2D eigenvalue weighted by molar-refractivity contribution is 5.79. The highest BCUT2D eigenvalue weighted by Gasteiger charge is 2.17. The molecule has 1 rings (SSSR count). The SMILES string of the molecule is C=C(C)CN(CC)C(=O)Cc1cc(OC)c(OC)c(OC)c1. The van der Waals surface area contributed by atoms with Crippen LogP contribution in [0.1, 0.15) is 19.4 Å². The molecule has 22 heavy (non-hydrogen) atoms. The van der Waals surface area contributed by atoms with Crippen LogP contribution < -0.4 is 14.2 Å². The topological polar surface area (TPSA) is 48.0 Å². The van der Waals surface area contributed by atoms with E-state index in [1.165, 1.54) is 0 Å². The van der Waals surface area contributed by atoms with Crippen LogP contribution in [0.3, 0.4) is 0 Å². The monoisotopic (exact) mass is 307 g/mol. The Morgan fingerprint density at radius 1 is 1.14 bits per heavy atom. The van der Waals surface area contributed by atoms with E-state index in [9.17, 15) is 4.79 Å². The van der Waals surface area contributed by atoms with Crippen LogP contribution in [0.2, 0.25) is 0 Å². The van der Waals surface area contributed by atoms with Gasteiger partial charge in [-0.15, -0.1) is 0 Å². The molecule has 5 nitrogen and oxygen atoms in total. The standard InChI is InChI=1S/C17H25NO4/c1-7-18(11-12(2)3)16(19)10-13-8-14(20-4)17(22-6)15(9-13)21-5/h8-9H,2,7,10-11H2,1,3-6H3. The summed E-state index contributed by atoms with van der Waals surface area (Å²) in [6.07, 6.45) is 0.276. The van der Waals surface area contributed by atoms with Crippen LogP contribution in [0.5, 0.6) is 17.2 Å². The molecular formula is C17H25NO4. The lowest BCUT2D eigenvalue weighted by molar-refractivity contribution is -0.129. The first-order valence-electron chi connectivity index (χ1n) is 7.17. The molecular weight excluding hydrogens is 282 g/mol. The van der Waals surface area contributed by atoms with E-state index in [1.807, 2.05) is 13.8 Å². The molecule has 0 aliphatic rings. The van der Waals surface area contributed by atoms with Crippen molar-refractivity contribution < 1.29 is 19.0 Å². The number of amides is 1. The lowest BCUT2D eigenvalue weighted by Gasteiger charge is -2.21. The Balaban J connectivity index is 3.02. The van der Waals surface area contributed by atoms with Gasteiger partial charge in [-0.05, 0) is 31.5 Å². The van der Waals surface area contributed by atoms with E-state index in [0.29, 0.717) is 30.3 Å². The van der Waals surface area contributed by atoms with Gasteiger partial charge in [0, 0.05) is 13.1 Å². The molecule has 0 heterocycles. The van der Waals surface area contributed by atoms with Gasteiger partial charge in [0.1, 0.15) is 0 Å². The largest absolute Gasteiger partial charge is 0.493 e. The van der Waals surface area contributed by atoms with E-state index >= 15 is 0 Å². The van der Waals surface area contributed by atoms with Crippen LogP contribution in [-0.2, 0) is 11.2 Å². The highest BCUT2D eigenvalue weighted by atomic mass is 16.5. The Hall–Kier alpha value is -2.17. The number of methoxy groups -OCH3 is 3. The zero-order chi connectivity index (χ0) is 16.7. The molecule has 0 aromatic heterocycles. The smallest absolute Gasteiger partial charge is 0.227 e. The lowest BCUT2D eigenvalue weighted by atomic mass is 10.1. The molecule has 0 aliphatic heterocycles. The van der Waals surface area contributed by atoms with Gasteiger partial charge in [0.05, 0.1) is 27.8 Å². The minimum absolute atomic E-state index is 0.0415. The minimum Gasteiger partial charge on any atom is -0.493 e. The lowest BCUT2D eigenvalue weighted by Crippen LogP contribution is -2.33. The molecule has 0 saturated heterocycles. The second-order valence-corrected chi connectivity index (χ2v) is 5.08. The average molecular weight is 307 g/mol. The molecule has 0 N–H and O–H groups in total. The fourth-order valence-electron chi connectivity index (χ4n) is 2.23. The first kappa shape index (κ1) is 17.9. The maximum atomic E-state index is 12.4. The van der Waals surface area contributed by atoms with Crippen LogP contribution in [0.25, 0.3) is 0 Å². The predicted molar refractivity (Wildman–Crippen MR) is 86.9 cm³/mol. The Kier molecular flexibility index (Phi) is 6.76. The maximum Gasteiger partial charge on any atom is 0.227 e. The highest BCUT2D eigenvalue weighted by Crippen LogP contribution is 2.38. The average Bonchev–Trinajstić information content (AvgIpc) is 2.50. The van der Waals surface area contributed by atoms with Crippen molar-refractivity contribution in [3.8, 4) is 17.2 Å². The fraction of sp³-hybridized carbons (Fsp3) is 0.471. The van der Waals surface area contributed by atoms with Gasteiger partial charge in [-0.1, -0.05) is 12.2 Å². The van der Waals surface area contributed by atoms with Gasteiger partial charge in [0.2, 0.25) is 11.7 Å². The van der Waals surface area contributed by atoms with Crippen molar-refractivity contribution >= 4 is 5.91 Å². The zero-order valence-electron chi connectivity index (χ0n) is 14.1. The normalized spacial score (nSPS) is 10.0. The first-order valence-corrected chi connectivity index (χ1v) is 7.17. The number of hydrogen-bond acceptors (Lipinski definition) is 4. The summed E-state index contributed by atoms with van der Waals surface area (Å²) < 4.78 is 15.9. The number of carbonyl (C=O) groups is 1. The van der Waals surface area contributed by atoms with E-state index in [2.05, 4.69) is 6.58 Å². The number of carbonyl (C=O) groups excluding carboxylic acids is 1. The Bertz CT molecular complexity index is 514. The molecule has 122 valence electrons. The number of benzene rings is 1. The third kappa shape index (κ3) is 4.41. The fourth-order valence-corrected chi connectivity index (χ4v) is 2.23. The van der Waals surface area contributed by atoms with Crippen molar-refractivity contribution in [1.82, 2.24) is 4.90 Å². The van der Waals surface area contributed by atoms with Gasteiger partial charge < -0.3 is 19.1 Å². The molecule has 1 amide bonds. The van der Waals surface area contributed by atoms with Crippen molar-refractivity contribution in [3.05, 3.63) is 29.8 Å². The van der Waals surface area contributed by atoms with Crippen molar-refractivity contribution in [3.63, 3.8) is 0 Å². The number of likely N-dealkylation sites (N-methyl/N-ethyl adjacent to an activating group) is 1. The third-order valence-electron chi connectivity index (χ3n) is 3.28. The van der Waals surface area contributed by atoms with E-state index in [1.54, 1.807) is 38.4 Å². The van der Waals surface area contributed by atoms with E-state index in [0.717, 1.165) is 11.1 Å². The van der Waals surface area contributed by atoms with Crippen LogP contribution in [0, 0.1) is 0 Å². The molecule has 0 unspecified atom stereocenters. The quantitative estimate of drug-likeness (QED) is 0.693.